The third-order valence-electron chi connectivity index (χ3n) is 3.53. The number of likely N-dealkylation sites (N-methyl/N-ethyl adjacent to an activating group) is 1. The Labute approximate surface area is 111 Å². The molecular weight excluding hydrogens is 242 g/mol. The monoisotopic (exact) mass is 259 g/mol. The molecule has 1 amide bonds. The van der Waals surface area contributed by atoms with Gasteiger partial charge in [0.1, 0.15) is 0 Å². The fourth-order valence-electron chi connectivity index (χ4n) is 2.51. The van der Waals surface area contributed by atoms with Gasteiger partial charge in [-0.15, -0.1) is 0 Å². The number of carbonyl (C=O) groups excluding carboxylic acids is 1. The lowest BCUT2D eigenvalue weighted by Gasteiger charge is -2.11. The third-order valence-corrected chi connectivity index (χ3v) is 3.53. The van der Waals surface area contributed by atoms with E-state index in [1.807, 2.05) is 6.07 Å². The van der Waals surface area contributed by atoms with Gasteiger partial charge in [-0.25, -0.2) is 0 Å². The smallest absolute Gasteiger partial charge is 0.272 e. The largest absolute Gasteiger partial charge is 0.399 e. The summed E-state index contributed by atoms with van der Waals surface area (Å²) in [7, 11) is 2.05. The van der Waals surface area contributed by atoms with Crippen LogP contribution in [0.4, 0.5) is 5.69 Å². The number of amides is 1. The number of nitrogens with two attached hydrogens (primary N) is 1. The first kappa shape index (κ1) is 12.0. The van der Waals surface area contributed by atoms with E-state index in [4.69, 9.17) is 5.73 Å². The Morgan fingerprint density at radius 1 is 1.58 bits per heavy atom. The minimum absolute atomic E-state index is 0.142. The van der Waals surface area contributed by atoms with Crippen LogP contribution in [0.15, 0.2) is 18.2 Å². The number of hydrogen-bond donors (Lipinski definition) is 3. The Kier molecular flexibility index (Phi) is 2.87. The summed E-state index contributed by atoms with van der Waals surface area (Å²) < 4.78 is 0. The van der Waals surface area contributed by atoms with Crippen molar-refractivity contribution in [3.8, 4) is 0 Å². The van der Waals surface area contributed by atoms with E-state index >= 15 is 0 Å². The average Bonchev–Trinajstić information content (AvgIpc) is 2.95. The standard InChI is InChI=1S/C13H17N5O/c1-18-5-4-9(7-18)15-13(19)12-10-6-8(14)2-3-11(10)16-17-12/h2-3,6,9H,4-5,7,14H2,1H3,(H,15,19)(H,16,17). The van der Waals surface area contributed by atoms with E-state index in [0.717, 1.165) is 30.4 Å². The minimum Gasteiger partial charge on any atom is -0.399 e. The molecule has 6 nitrogen and oxygen atoms in total. The van der Waals surface area contributed by atoms with Gasteiger partial charge in [-0.2, -0.15) is 5.10 Å². The zero-order valence-electron chi connectivity index (χ0n) is 10.8. The molecule has 1 aromatic carbocycles. The number of likely N-dealkylation sites (tertiary alicyclic amines) is 1. The van der Waals surface area contributed by atoms with Crippen LogP contribution in [0.5, 0.6) is 0 Å². The molecule has 19 heavy (non-hydrogen) atoms. The molecule has 3 rings (SSSR count). The van der Waals surface area contributed by atoms with Crippen molar-refractivity contribution in [2.45, 2.75) is 12.5 Å². The number of aromatic nitrogens is 2. The van der Waals surface area contributed by atoms with Gasteiger partial charge in [-0.05, 0) is 38.2 Å². The molecule has 1 saturated heterocycles. The van der Waals surface area contributed by atoms with Crippen LogP contribution in [0.25, 0.3) is 10.9 Å². The fourth-order valence-corrected chi connectivity index (χ4v) is 2.51. The predicted molar refractivity (Wildman–Crippen MR) is 73.9 cm³/mol. The maximum absolute atomic E-state index is 12.2. The van der Waals surface area contributed by atoms with Crippen LogP contribution in [-0.2, 0) is 0 Å². The molecule has 0 aliphatic carbocycles. The molecule has 6 heteroatoms. The lowest BCUT2D eigenvalue weighted by molar-refractivity contribution is 0.0935. The first-order chi connectivity index (χ1) is 9.13. The highest BCUT2D eigenvalue weighted by molar-refractivity contribution is 6.05. The molecule has 1 aliphatic rings. The fraction of sp³-hybridized carbons (Fsp3) is 0.385. The molecule has 2 heterocycles. The van der Waals surface area contributed by atoms with Crippen LogP contribution in [0.2, 0.25) is 0 Å². The molecule has 4 N–H and O–H groups in total. The third kappa shape index (κ3) is 2.26. The van der Waals surface area contributed by atoms with Crippen LogP contribution in [0.3, 0.4) is 0 Å². The Morgan fingerprint density at radius 3 is 3.16 bits per heavy atom. The van der Waals surface area contributed by atoms with Gasteiger partial charge in [0, 0.05) is 23.7 Å². The molecule has 1 fully saturated rings. The summed E-state index contributed by atoms with van der Waals surface area (Å²) in [6.45, 7) is 1.90. The maximum Gasteiger partial charge on any atom is 0.272 e. The Bertz CT molecular complexity index is 621. The predicted octanol–water partition coefficient (Wildman–Crippen LogP) is 0.579. The van der Waals surface area contributed by atoms with E-state index < -0.39 is 0 Å². The van der Waals surface area contributed by atoms with E-state index in [0.29, 0.717) is 11.4 Å². The van der Waals surface area contributed by atoms with Gasteiger partial charge in [0.05, 0.1) is 5.52 Å². The molecule has 1 atom stereocenters. The van der Waals surface area contributed by atoms with E-state index in [1.165, 1.54) is 0 Å². The van der Waals surface area contributed by atoms with Crippen molar-refractivity contribution in [3.63, 3.8) is 0 Å². The second-order valence-corrected chi connectivity index (χ2v) is 5.10. The van der Waals surface area contributed by atoms with Gasteiger partial charge < -0.3 is 16.0 Å². The molecule has 2 aromatic rings. The second-order valence-electron chi connectivity index (χ2n) is 5.10. The Morgan fingerprint density at radius 2 is 2.42 bits per heavy atom. The number of nitrogens with zero attached hydrogens (tertiary/aromatic N) is 2. The zero-order valence-corrected chi connectivity index (χ0v) is 10.8. The van der Waals surface area contributed by atoms with Crippen molar-refractivity contribution in [2.75, 3.05) is 25.9 Å². The number of carbonyl (C=O) groups is 1. The van der Waals surface area contributed by atoms with Gasteiger partial charge in [-0.1, -0.05) is 0 Å². The SMILES string of the molecule is CN1CCC(NC(=O)c2n[nH]c3ccc(N)cc23)C1. The molecule has 1 aromatic heterocycles. The number of rotatable bonds is 2. The van der Waals surface area contributed by atoms with Crippen LogP contribution in [0, 0.1) is 0 Å². The van der Waals surface area contributed by atoms with Crippen LogP contribution >= 0.6 is 0 Å². The number of aromatic amines is 1. The maximum atomic E-state index is 12.2. The normalized spacial score (nSPS) is 19.9. The highest BCUT2D eigenvalue weighted by atomic mass is 16.2. The van der Waals surface area contributed by atoms with E-state index in [1.54, 1.807) is 12.1 Å². The van der Waals surface area contributed by atoms with Crippen molar-refractivity contribution < 1.29 is 4.79 Å². The average molecular weight is 259 g/mol. The van der Waals surface area contributed by atoms with E-state index in [2.05, 4.69) is 27.5 Å². The molecule has 0 saturated carbocycles. The van der Waals surface area contributed by atoms with Crippen molar-refractivity contribution in [2.24, 2.45) is 0 Å². The van der Waals surface area contributed by atoms with Crippen molar-refractivity contribution >= 4 is 22.5 Å². The molecule has 100 valence electrons. The molecule has 1 aliphatic heterocycles. The summed E-state index contributed by atoms with van der Waals surface area (Å²) in [5.41, 5.74) is 7.62. The second kappa shape index (κ2) is 4.55. The van der Waals surface area contributed by atoms with Gasteiger partial charge in [0.2, 0.25) is 0 Å². The number of nitrogens with one attached hydrogen (secondary N) is 2. The molecular formula is C13H17N5O. The highest BCUT2D eigenvalue weighted by Crippen LogP contribution is 2.19. The van der Waals surface area contributed by atoms with Crippen molar-refractivity contribution in [3.05, 3.63) is 23.9 Å². The first-order valence-electron chi connectivity index (χ1n) is 6.36. The van der Waals surface area contributed by atoms with Crippen molar-refractivity contribution in [1.82, 2.24) is 20.4 Å². The van der Waals surface area contributed by atoms with Gasteiger partial charge >= 0.3 is 0 Å². The first-order valence-corrected chi connectivity index (χ1v) is 6.36. The summed E-state index contributed by atoms with van der Waals surface area (Å²) in [6, 6.07) is 5.59. The lowest BCUT2D eigenvalue weighted by Crippen LogP contribution is -2.36. The molecule has 0 spiro atoms. The van der Waals surface area contributed by atoms with E-state index in [-0.39, 0.29) is 11.9 Å². The number of nitrogen functional groups attached to an aromatic ring is 1. The summed E-state index contributed by atoms with van der Waals surface area (Å²) in [5, 5.41) is 10.7. The summed E-state index contributed by atoms with van der Waals surface area (Å²) >= 11 is 0. The molecule has 0 radical (unpaired) electrons. The van der Waals surface area contributed by atoms with Gasteiger partial charge in [0.25, 0.3) is 5.91 Å². The number of anilines is 1. The summed E-state index contributed by atoms with van der Waals surface area (Å²) in [4.78, 5) is 14.4. The quantitative estimate of drug-likeness (QED) is 0.688. The van der Waals surface area contributed by atoms with Crippen LogP contribution < -0.4 is 11.1 Å². The van der Waals surface area contributed by atoms with Crippen LogP contribution in [-0.4, -0.2) is 47.2 Å². The number of H-pyrrole nitrogens is 1. The minimum atomic E-state index is -0.142. The van der Waals surface area contributed by atoms with E-state index in [9.17, 15) is 4.79 Å². The lowest BCUT2D eigenvalue weighted by atomic mass is 10.1. The van der Waals surface area contributed by atoms with Gasteiger partial charge in [-0.3, -0.25) is 9.89 Å². The molecule has 0 bridgehead atoms. The Hall–Kier alpha value is -2.08. The van der Waals surface area contributed by atoms with Gasteiger partial charge in [0.15, 0.2) is 5.69 Å². The topological polar surface area (TPSA) is 87.0 Å². The number of hydrogen-bond acceptors (Lipinski definition) is 4. The number of benzene rings is 1. The molecule has 1 unspecified atom stereocenters. The summed E-state index contributed by atoms with van der Waals surface area (Å²) in [6.07, 6.45) is 0.979. The highest BCUT2D eigenvalue weighted by Gasteiger charge is 2.23. The Balaban J connectivity index is 1.83. The zero-order chi connectivity index (χ0) is 13.4. The van der Waals surface area contributed by atoms with Crippen LogP contribution in [0.1, 0.15) is 16.9 Å². The van der Waals surface area contributed by atoms with Crippen molar-refractivity contribution in [1.29, 1.82) is 0 Å². The summed E-state index contributed by atoms with van der Waals surface area (Å²) in [5.74, 6) is -0.142. The number of fused-ring (bicyclic) bond motifs is 1.